The molecule has 2 atom stereocenters. The highest BCUT2D eigenvalue weighted by molar-refractivity contribution is 5.90. The summed E-state index contributed by atoms with van der Waals surface area (Å²) < 4.78 is 0. The molecule has 2 aromatic carbocycles. The van der Waals surface area contributed by atoms with Gasteiger partial charge < -0.3 is 27.5 Å². The van der Waals surface area contributed by atoms with E-state index < -0.39 is 23.9 Å². The van der Waals surface area contributed by atoms with Crippen LogP contribution in [0.25, 0.3) is 10.9 Å². The van der Waals surface area contributed by atoms with Gasteiger partial charge in [-0.3, -0.25) is 9.59 Å². The Morgan fingerprint density at radius 2 is 1.74 bits per heavy atom. The van der Waals surface area contributed by atoms with E-state index in [0.29, 0.717) is 18.5 Å². The number of H-pyrrole nitrogens is 1. The molecule has 0 saturated carbocycles. The Morgan fingerprint density at radius 3 is 2.44 bits per heavy atom. The van der Waals surface area contributed by atoms with E-state index in [1.165, 1.54) is 0 Å². The first-order valence-corrected chi connectivity index (χ1v) is 8.68. The summed E-state index contributed by atoms with van der Waals surface area (Å²) in [4.78, 5) is 27.4. The zero-order valence-corrected chi connectivity index (χ0v) is 14.8. The van der Waals surface area contributed by atoms with E-state index in [2.05, 4.69) is 10.3 Å². The molecule has 140 valence electrons. The highest BCUT2D eigenvalue weighted by atomic mass is 16.2. The summed E-state index contributed by atoms with van der Waals surface area (Å²) in [6, 6.07) is 13.2. The molecule has 0 fully saturated rings. The fourth-order valence-electron chi connectivity index (χ4n) is 3.02. The van der Waals surface area contributed by atoms with Gasteiger partial charge in [0.2, 0.25) is 11.8 Å². The van der Waals surface area contributed by atoms with Crippen LogP contribution in [0.3, 0.4) is 0 Å². The zero-order chi connectivity index (χ0) is 19.4. The monoisotopic (exact) mass is 365 g/mol. The number of carbonyl (C=O) groups is 2. The molecule has 2 unspecified atom stereocenters. The molecule has 7 heteroatoms. The molecule has 8 N–H and O–H groups in total. The normalized spacial score (nSPS) is 13.2. The second-order valence-corrected chi connectivity index (χ2v) is 6.58. The highest BCUT2D eigenvalue weighted by Crippen LogP contribution is 2.19. The van der Waals surface area contributed by atoms with Crippen molar-refractivity contribution < 1.29 is 9.59 Å². The molecule has 0 spiro atoms. The summed E-state index contributed by atoms with van der Waals surface area (Å²) in [7, 11) is 0. The van der Waals surface area contributed by atoms with Crippen LogP contribution in [0.1, 0.15) is 11.1 Å². The van der Waals surface area contributed by atoms with E-state index in [4.69, 9.17) is 17.2 Å². The van der Waals surface area contributed by atoms with Gasteiger partial charge in [-0.2, -0.15) is 0 Å². The molecule has 3 aromatic rings. The lowest BCUT2D eigenvalue weighted by atomic mass is 10.0. The van der Waals surface area contributed by atoms with E-state index >= 15 is 0 Å². The number of benzene rings is 2. The number of nitrogens with two attached hydrogens (primary N) is 3. The number of aromatic nitrogens is 1. The Hall–Kier alpha value is -3.32. The average Bonchev–Trinajstić information content (AvgIpc) is 3.06. The lowest BCUT2D eigenvalue weighted by Gasteiger charge is -2.18. The SMILES string of the molecule is NC(=O)C(Cc1c[nH]c2ccccc12)NC(=O)C(N)Cc1ccc(N)cc1. The van der Waals surface area contributed by atoms with Crippen LogP contribution in [0.2, 0.25) is 0 Å². The molecular formula is C20H23N5O2. The molecule has 7 nitrogen and oxygen atoms in total. The van der Waals surface area contributed by atoms with Crippen LogP contribution in [0.15, 0.2) is 54.7 Å². The fraction of sp³-hybridized carbons (Fsp3) is 0.200. The minimum atomic E-state index is -0.839. The molecule has 0 saturated heterocycles. The van der Waals surface area contributed by atoms with Crippen molar-refractivity contribution in [3.8, 4) is 0 Å². The third-order valence-corrected chi connectivity index (χ3v) is 4.53. The lowest BCUT2D eigenvalue weighted by Crippen LogP contribution is -2.51. The molecule has 0 aliphatic carbocycles. The van der Waals surface area contributed by atoms with Crippen LogP contribution in [0.4, 0.5) is 5.69 Å². The molecule has 27 heavy (non-hydrogen) atoms. The number of amides is 2. The van der Waals surface area contributed by atoms with Gasteiger partial charge in [-0.1, -0.05) is 30.3 Å². The fourth-order valence-corrected chi connectivity index (χ4v) is 3.02. The minimum Gasteiger partial charge on any atom is -0.399 e. The maximum atomic E-state index is 12.4. The molecule has 0 bridgehead atoms. The maximum Gasteiger partial charge on any atom is 0.240 e. The van der Waals surface area contributed by atoms with Gasteiger partial charge in [-0.05, 0) is 35.7 Å². The van der Waals surface area contributed by atoms with Crippen molar-refractivity contribution in [1.29, 1.82) is 0 Å². The molecule has 0 aliphatic heterocycles. The molecule has 0 aliphatic rings. The minimum absolute atomic E-state index is 0.291. The van der Waals surface area contributed by atoms with Crippen LogP contribution in [0, 0.1) is 0 Å². The first-order valence-electron chi connectivity index (χ1n) is 8.68. The number of para-hydroxylation sites is 1. The van der Waals surface area contributed by atoms with Crippen molar-refractivity contribution in [2.75, 3.05) is 5.73 Å². The topological polar surface area (TPSA) is 140 Å². The summed E-state index contributed by atoms with van der Waals surface area (Å²) >= 11 is 0. The maximum absolute atomic E-state index is 12.4. The van der Waals surface area contributed by atoms with E-state index in [1.807, 2.05) is 42.6 Å². The first-order chi connectivity index (χ1) is 12.9. The Morgan fingerprint density at radius 1 is 1.04 bits per heavy atom. The number of nitrogen functional groups attached to an aromatic ring is 1. The predicted octanol–water partition coefficient (Wildman–Crippen LogP) is 0.833. The number of primary amides is 1. The van der Waals surface area contributed by atoms with Crippen molar-refractivity contribution in [2.24, 2.45) is 11.5 Å². The molecular weight excluding hydrogens is 342 g/mol. The Labute approximate surface area is 156 Å². The number of carbonyl (C=O) groups excluding carboxylic acids is 2. The summed E-state index contributed by atoms with van der Waals surface area (Å²) in [6.45, 7) is 0. The third-order valence-electron chi connectivity index (χ3n) is 4.53. The van der Waals surface area contributed by atoms with Crippen molar-refractivity contribution >= 4 is 28.4 Å². The Balaban J connectivity index is 1.67. The van der Waals surface area contributed by atoms with Gasteiger partial charge in [-0.25, -0.2) is 0 Å². The summed E-state index contributed by atoms with van der Waals surface area (Å²) in [5.74, 6) is -1.02. The quantitative estimate of drug-likeness (QED) is 0.396. The zero-order valence-electron chi connectivity index (χ0n) is 14.8. The average molecular weight is 365 g/mol. The standard InChI is InChI=1S/C20H23N5O2/c21-14-7-5-12(6-8-14)9-16(22)20(27)25-18(19(23)26)10-13-11-24-17-4-2-1-3-15(13)17/h1-8,11,16,18,24H,9-10,21-22H2,(H2,23,26)(H,25,27). The number of rotatable bonds is 7. The van der Waals surface area contributed by atoms with E-state index in [0.717, 1.165) is 22.0 Å². The van der Waals surface area contributed by atoms with Crippen molar-refractivity contribution in [3.05, 3.63) is 65.9 Å². The third kappa shape index (κ3) is 4.45. The number of hydrogen-bond donors (Lipinski definition) is 5. The largest absolute Gasteiger partial charge is 0.399 e. The number of nitrogens with one attached hydrogen (secondary N) is 2. The van der Waals surface area contributed by atoms with E-state index in [9.17, 15) is 9.59 Å². The molecule has 2 amide bonds. The highest BCUT2D eigenvalue weighted by Gasteiger charge is 2.23. The molecule has 0 radical (unpaired) electrons. The summed E-state index contributed by atoms with van der Waals surface area (Å²) in [5.41, 5.74) is 20.5. The van der Waals surface area contributed by atoms with Crippen molar-refractivity contribution in [2.45, 2.75) is 24.9 Å². The van der Waals surface area contributed by atoms with Gasteiger partial charge in [0.25, 0.3) is 0 Å². The molecule has 3 rings (SSSR count). The lowest BCUT2D eigenvalue weighted by molar-refractivity contribution is -0.128. The smallest absolute Gasteiger partial charge is 0.240 e. The Bertz CT molecular complexity index is 948. The Kier molecular flexibility index (Phi) is 5.42. The number of hydrogen-bond acceptors (Lipinski definition) is 4. The van der Waals surface area contributed by atoms with Crippen molar-refractivity contribution in [1.82, 2.24) is 10.3 Å². The summed E-state index contributed by atoms with van der Waals surface area (Å²) in [6.07, 6.45) is 2.45. The van der Waals surface area contributed by atoms with E-state index in [-0.39, 0.29) is 0 Å². The molecule has 1 aromatic heterocycles. The van der Waals surface area contributed by atoms with Crippen LogP contribution < -0.4 is 22.5 Å². The van der Waals surface area contributed by atoms with Crippen molar-refractivity contribution in [3.63, 3.8) is 0 Å². The first kappa shape index (κ1) is 18.5. The second kappa shape index (κ2) is 7.92. The van der Waals surface area contributed by atoms with Crippen LogP contribution in [-0.2, 0) is 22.4 Å². The van der Waals surface area contributed by atoms with Crippen LogP contribution in [0.5, 0.6) is 0 Å². The van der Waals surface area contributed by atoms with Crippen LogP contribution in [-0.4, -0.2) is 28.9 Å². The summed E-state index contributed by atoms with van der Waals surface area (Å²) in [5, 5.41) is 3.66. The van der Waals surface area contributed by atoms with Gasteiger partial charge in [-0.15, -0.1) is 0 Å². The van der Waals surface area contributed by atoms with Crippen LogP contribution >= 0.6 is 0 Å². The number of aromatic amines is 1. The van der Waals surface area contributed by atoms with Gasteiger partial charge in [0.05, 0.1) is 6.04 Å². The number of fused-ring (bicyclic) bond motifs is 1. The van der Waals surface area contributed by atoms with Gasteiger partial charge in [0, 0.05) is 29.2 Å². The second-order valence-electron chi connectivity index (χ2n) is 6.58. The number of anilines is 1. The van der Waals surface area contributed by atoms with Gasteiger partial charge >= 0.3 is 0 Å². The van der Waals surface area contributed by atoms with Gasteiger partial charge in [0.15, 0.2) is 0 Å². The molecule has 1 heterocycles. The predicted molar refractivity (Wildman–Crippen MR) is 106 cm³/mol. The van der Waals surface area contributed by atoms with Gasteiger partial charge in [0.1, 0.15) is 6.04 Å². The van der Waals surface area contributed by atoms with E-state index in [1.54, 1.807) is 12.1 Å².